The van der Waals surface area contributed by atoms with Crippen LogP contribution in [0.15, 0.2) is 22.2 Å². The van der Waals surface area contributed by atoms with Crippen molar-refractivity contribution < 1.29 is 5.11 Å². The minimum atomic E-state index is -0.463. The highest BCUT2D eigenvalue weighted by molar-refractivity contribution is 5.20. The number of hydrogen-bond acceptors (Lipinski definition) is 3. The minimum absolute atomic E-state index is 0.0837. The second kappa shape index (κ2) is 4.52. The van der Waals surface area contributed by atoms with E-state index in [0.29, 0.717) is 5.69 Å². The zero-order valence-corrected chi connectivity index (χ0v) is 8.58. The standard InChI is InChI=1S/C9H12N4O2/c1-6(2)13-5-9(15)8(14)3-7(13)4-11-12-10/h3,5-6,15H,4H2,1-2H3. The maximum Gasteiger partial charge on any atom is 0.223 e. The quantitative estimate of drug-likeness (QED) is 0.467. The summed E-state index contributed by atoms with van der Waals surface area (Å²) in [6.45, 7) is 3.91. The van der Waals surface area contributed by atoms with Crippen LogP contribution >= 0.6 is 0 Å². The van der Waals surface area contributed by atoms with Crippen molar-refractivity contribution in [2.45, 2.75) is 26.4 Å². The van der Waals surface area contributed by atoms with Crippen LogP contribution in [-0.2, 0) is 6.54 Å². The fourth-order valence-corrected chi connectivity index (χ4v) is 1.29. The smallest absolute Gasteiger partial charge is 0.223 e. The molecule has 6 nitrogen and oxygen atoms in total. The van der Waals surface area contributed by atoms with E-state index in [1.807, 2.05) is 13.8 Å². The molecule has 0 atom stereocenters. The van der Waals surface area contributed by atoms with Gasteiger partial charge >= 0.3 is 0 Å². The third kappa shape index (κ3) is 2.51. The molecule has 0 spiro atoms. The molecule has 0 fully saturated rings. The first-order chi connectivity index (χ1) is 7.06. The summed E-state index contributed by atoms with van der Waals surface area (Å²) in [5, 5.41) is 12.7. The highest BCUT2D eigenvalue weighted by Gasteiger charge is 2.07. The van der Waals surface area contributed by atoms with Crippen molar-refractivity contribution in [2.24, 2.45) is 5.11 Å². The van der Waals surface area contributed by atoms with Crippen LogP contribution in [0.2, 0.25) is 0 Å². The summed E-state index contributed by atoms with van der Waals surface area (Å²) in [7, 11) is 0. The Labute approximate surface area is 86.4 Å². The Hall–Kier alpha value is -1.94. The molecule has 0 aliphatic heterocycles. The fourth-order valence-electron chi connectivity index (χ4n) is 1.29. The average Bonchev–Trinajstić information content (AvgIpc) is 2.19. The van der Waals surface area contributed by atoms with Crippen molar-refractivity contribution in [3.05, 3.63) is 38.6 Å². The minimum Gasteiger partial charge on any atom is -0.503 e. The molecule has 0 aliphatic rings. The molecule has 0 saturated carbocycles. The van der Waals surface area contributed by atoms with Crippen molar-refractivity contribution in [3.8, 4) is 5.75 Å². The van der Waals surface area contributed by atoms with Gasteiger partial charge in [0.1, 0.15) is 0 Å². The van der Waals surface area contributed by atoms with E-state index in [1.165, 1.54) is 12.3 Å². The van der Waals surface area contributed by atoms with Crippen LogP contribution < -0.4 is 5.43 Å². The topological polar surface area (TPSA) is 91.0 Å². The van der Waals surface area contributed by atoms with Gasteiger partial charge in [-0.15, -0.1) is 0 Å². The molecule has 1 N–H and O–H groups in total. The van der Waals surface area contributed by atoms with Crippen LogP contribution in [0.3, 0.4) is 0 Å². The van der Waals surface area contributed by atoms with Crippen LogP contribution in [0, 0.1) is 0 Å². The molecule has 1 heterocycles. The van der Waals surface area contributed by atoms with Crippen molar-refractivity contribution in [1.29, 1.82) is 0 Å². The van der Waals surface area contributed by atoms with Gasteiger partial charge in [0.25, 0.3) is 0 Å². The van der Waals surface area contributed by atoms with Gasteiger partial charge in [-0.1, -0.05) is 5.11 Å². The first kappa shape index (κ1) is 11.1. The molecule has 80 valence electrons. The predicted molar refractivity (Wildman–Crippen MR) is 55.6 cm³/mol. The summed E-state index contributed by atoms with van der Waals surface area (Å²) >= 11 is 0. The maximum absolute atomic E-state index is 11.2. The van der Waals surface area contributed by atoms with Gasteiger partial charge < -0.3 is 9.67 Å². The predicted octanol–water partition coefficient (Wildman–Crippen LogP) is 1.95. The highest BCUT2D eigenvalue weighted by atomic mass is 16.3. The van der Waals surface area contributed by atoms with Crippen molar-refractivity contribution in [3.63, 3.8) is 0 Å². The lowest BCUT2D eigenvalue weighted by molar-refractivity contribution is 0.451. The van der Waals surface area contributed by atoms with Gasteiger partial charge in [-0.2, -0.15) is 0 Å². The van der Waals surface area contributed by atoms with Crippen LogP contribution in [0.1, 0.15) is 25.6 Å². The van der Waals surface area contributed by atoms with Crippen LogP contribution in [0.4, 0.5) is 0 Å². The molecule has 1 aromatic heterocycles. The summed E-state index contributed by atoms with van der Waals surface area (Å²) in [4.78, 5) is 13.8. The third-order valence-corrected chi connectivity index (χ3v) is 2.00. The normalized spacial score (nSPS) is 10.1. The highest BCUT2D eigenvalue weighted by Crippen LogP contribution is 2.13. The summed E-state index contributed by atoms with van der Waals surface area (Å²) in [5.74, 6) is -0.298. The fraction of sp³-hybridized carbons (Fsp3) is 0.444. The Morgan fingerprint density at radius 2 is 2.33 bits per heavy atom. The molecule has 0 aromatic carbocycles. The van der Waals surface area contributed by atoms with E-state index >= 15 is 0 Å². The average molecular weight is 208 g/mol. The van der Waals surface area contributed by atoms with Gasteiger partial charge in [0.15, 0.2) is 5.75 Å². The van der Waals surface area contributed by atoms with E-state index in [4.69, 9.17) is 5.53 Å². The molecule has 6 heteroatoms. The number of azide groups is 1. The molecule has 0 saturated heterocycles. The number of pyridine rings is 1. The summed E-state index contributed by atoms with van der Waals surface area (Å²) in [6, 6.07) is 1.37. The van der Waals surface area contributed by atoms with Crippen LogP contribution in [0.5, 0.6) is 5.75 Å². The van der Waals surface area contributed by atoms with E-state index in [9.17, 15) is 9.90 Å². The lowest BCUT2D eigenvalue weighted by atomic mass is 10.2. The van der Waals surface area contributed by atoms with E-state index < -0.39 is 5.43 Å². The van der Waals surface area contributed by atoms with Gasteiger partial charge in [0.2, 0.25) is 5.43 Å². The Kier molecular flexibility index (Phi) is 3.36. The molecule has 0 amide bonds. The molecule has 0 bridgehead atoms. The first-order valence-corrected chi connectivity index (χ1v) is 4.51. The first-order valence-electron chi connectivity index (χ1n) is 4.51. The molecule has 0 radical (unpaired) electrons. The van der Waals surface area contributed by atoms with Gasteiger partial charge in [0, 0.05) is 22.7 Å². The van der Waals surface area contributed by atoms with Gasteiger partial charge in [-0.05, 0) is 19.4 Å². The zero-order valence-electron chi connectivity index (χ0n) is 8.58. The number of rotatable bonds is 3. The third-order valence-electron chi connectivity index (χ3n) is 2.00. The zero-order chi connectivity index (χ0) is 11.4. The number of aromatic hydroxyl groups is 1. The van der Waals surface area contributed by atoms with E-state index in [-0.39, 0.29) is 18.3 Å². The van der Waals surface area contributed by atoms with Gasteiger partial charge in [-0.3, -0.25) is 4.79 Å². The summed E-state index contributed by atoms with van der Waals surface area (Å²) < 4.78 is 1.70. The van der Waals surface area contributed by atoms with E-state index in [1.54, 1.807) is 4.57 Å². The lowest BCUT2D eigenvalue weighted by Crippen LogP contribution is -2.13. The van der Waals surface area contributed by atoms with Gasteiger partial charge in [-0.25, -0.2) is 0 Å². The molecule has 0 unspecified atom stereocenters. The number of aromatic nitrogens is 1. The Bertz CT molecular complexity index is 458. The molecule has 15 heavy (non-hydrogen) atoms. The molecular formula is C9H12N4O2. The van der Waals surface area contributed by atoms with Gasteiger partial charge in [0.05, 0.1) is 12.7 Å². The second-order valence-corrected chi connectivity index (χ2v) is 3.40. The Morgan fingerprint density at radius 3 is 2.87 bits per heavy atom. The van der Waals surface area contributed by atoms with Crippen LogP contribution in [0.25, 0.3) is 10.4 Å². The Balaban J connectivity index is 3.27. The second-order valence-electron chi connectivity index (χ2n) is 3.40. The van der Waals surface area contributed by atoms with E-state index in [2.05, 4.69) is 10.0 Å². The van der Waals surface area contributed by atoms with Crippen molar-refractivity contribution >= 4 is 0 Å². The summed E-state index contributed by atoms with van der Waals surface area (Å²) in [6.07, 6.45) is 1.36. The maximum atomic E-state index is 11.2. The number of hydrogen-bond donors (Lipinski definition) is 1. The summed E-state index contributed by atoms with van der Waals surface area (Å²) in [5.41, 5.74) is 8.33. The largest absolute Gasteiger partial charge is 0.503 e. The van der Waals surface area contributed by atoms with E-state index in [0.717, 1.165) is 0 Å². The molecular weight excluding hydrogens is 196 g/mol. The van der Waals surface area contributed by atoms with Crippen LogP contribution in [-0.4, -0.2) is 9.67 Å². The Morgan fingerprint density at radius 1 is 1.67 bits per heavy atom. The van der Waals surface area contributed by atoms with Crippen molar-refractivity contribution in [2.75, 3.05) is 0 Å². The monoisotopic (exact) mass is 208 g/mol. The number of nitrogens with zero attached hydrogens (tertiary/aromatic N) is 4. The molecule has 1 aromatic rings. The molecule has 1 rings (SSSR count). The molecule has 0 aliphatic carbocycles. The lowest BCUT2D eigenvalue weighted by Gasteiger charge is -2.15. The van der Waals surface area contributed by atoms with Crippen molar-refractivity contribution in [1.82, 2.24) is 4.57 Å². The SMILES string of the molecule is CC(C)n1cc(O)c(=O)cc1CN=[N+]=[N-].